The maximum atomic E-state index is 11.9. The molecular weight excluding hydrogens is 204 g/mol. The molecule has 1 unspecified atom stereocenters. The van der Waals surface area contributed by atoms with Crippen molar-refractivity contribution in [3.8, 4) is 0 Å². The van der Waals surface area contributed by atoms with E-state index in [9.17, 15) is 4.79 Å². The first-order valence-electron chi connectivity index (χ1n) is 5.71. The number of carbonyl (C=O) groups excluding carboxylic acids is 1. The second-order valence-corrected chi connectivity index (χ2v) is 4.50. The lowest BCUT2D eigenvalue weighted by Crippen LogP contribution is -2.41. The molecule has 0 aliphatic carbocycles. The summed E-state index contributed by atoms with van der Waals surface area (Å²) in [7, 11) is 1.83. The summed E-state index contributed by atoms with van der Waals surface area (Å²) in [5.41, 5.74) is 0. The number of urea groups is 1. The zero-order valence-electron chi connectivity index (χ0n) is 9.81. The van der Waals surface area contributed by atoms with Crippen molar-refractivity contribution in [3.05, 3.63) is 12.3 Å². The lowest BCUT2D eigenvalue weighted by molar-refractivity contribution is 0.182. The van der Waals surface area contributed by atoms with E-state index in [-0.39, 0.29) is 6.03 Å². The highest BCUT2D eigenvalue weighted by atomic mass is 16.2. The molecule has 88 valence electrons. The van der Waals surface area contributed by atoms with Crippen LogP contribution in [0.15, 0.2) is 12.3 Å². The summed E-state index contributed by atoms with van der Waals surface area (Å²) in [4.78, 5) is 13.8. The van der Waals surface area contributed by atoms with Gasteiger partial charge in [0.2, 0.25) is 0 Å². The van der Waals surface area contributed by atoms with E-state index in [1.807, 2.05) is 18.1 Å². The van der Waals surface area contributed by atoms with Crippen LogP contribution in [-0.4, -0.2) is 33.8 Å². The number of likely N-dealkylation sites (tertiary alicyclic amines) is 1. The second-order valence-electron chi connectivity index (χ2n) is 4.50. The Kier molecular flexibility index (Phi) is 3.12. The number of nitrogens with zero attached hydrogens (tertiary/aromatic N) is 3. The topological polar surface area (TPSA) is 50.2 Å². The third-order valence-corrected chi connectivity index (χ3v) is 2.89. The molecule has 1 fully saturated rings. The molecule has 1 aromatic rings. The third-order valence-electron chi connectivity index (χ3n) is 2.89. The molecule has 1 saturated heterocycles. The van der Waals surface area contributed by atoms with Crippen LogP contribution in [0.2, 0.25) is 0 Å². The van der Waals surface area contributed by atoms with Gasteiger partial charge in [-0.2, -0.15) is 5.10 Å². The number of hydrogen-bond donors (Lipinski definition) is 1. The highest BCUT2D eigenvalue weighted by molar-refractivity contribution is 5.88. The molecule has 1 aliphatic heterocycles. The number of piperidine rings is 1. The molecule has 0 saturated carbocycles. The largest absolute Gasteiger partial charge is 0.324 e. The van der Waals surface area contributed by atoms with Crippen LogP contribution in [0.3, 0.4) is 0 Å². The molecule has 0 spiro atoms. The molecule has 1 N–H and O–H groups in total. The molecule has 16 heavy (non-hydrogen) atoms. The minimum atomic E-state index is -0.0368. The summed E-state index contributed by atoms with van der Waals surface area (Å²) < 4.78 is 1.68. The zero-order valence-corrected chi connectivity index (χ0v) is 9.81. The van der Waals surface area contributed by atoms with Gasteiger partial charge < -0.3 is 4.90 Å². The van der Waals surface area contributed by atoms with Gasteiger partial charge in [0.15, 0.2) is 5.82 Å². The van der Waals surface area contributed by atoms with Crippen LogP contribution >= 0.6 is 0 Å². The summed E-state index contributed by atoms with van der Waals surface area (Å²) in [6.07, 6.45) is 4.12. The van der Waals surface area contributed by atoms with Crippen LogP contribution < -0.4 is 5.32 Å². The van der Waals surface area contributed by atoms with Gasteiger partial charge in [0.1, 0.15) is 0 Å². The molecule has 0 bridgehead atoms. The van der Waals surface area contributed by atoms with Crippen LogP contribution in [0.1, 0.15) is 19.8 Å². The van der Waals surface area contributed by atoms with Crippen molar-refractivity contribution in [1.29, 1.82) is 0 Å². The molecule has 0 radical (unpaired) electrons. The van der Waals surface area contributed by atoms with Crippen molar-refractivity contribution in [2.75, 3.05) is 18.4 Å². The standard InChI is InChI=1S/C11H18N4O/c1-9-4-3-6-15(8-9)11(16)12-10-5-7-14(2)13-10/h5,7,9H,3-4,6,8H2,1-2H3,(H,12,13,16). The summed E-state index contributed by atoms with van der Waals surface area (Å²) in [5, 5.41) is 6.93. The van der Waals surface area contributed by atoms with E-state index in [2.05, 4.69) is 17.3 Å². The van der Waals surface area contributed by atoms with E-state index < -0.39 is 0 Å². The van der Waals surface area contributed by atoms with Gasteiger partial charge in [0.25, 0.3) is 0 Å². The molecule has 1 atom stereocenters. The highest BCUT2D eigenvalue weighted by Gasteiger charge is 2.21. The van der Waals surface area contributed by atoms with Crippen molar-refractivity contribution < 1.29 is 4.79 Å². The molecule has 1 aliphatic rings. The van der Waals surface area contributed by atoms with Crippen molar-refractivity contribution in [1.82, 2.24) is 14.7 Å². The van der Waals surface area contributed by atoms with Gasteiger partial charge in [0, 0.05) is 32.4 Å². The summed E-state index contributed by atoms with van der Waals surface area (Å²) in [6.45, 7) is 3.88. The highest BCUT2D eigenvalue weighted by Crippen LogP contribution is 2.16. The molecule has 2 rings (SSSR count). The summed E-state index contributed by atoms with van der Waals surface area (Å²) in [5.74, 6) is 1.22. The lowest BCUT2D eigenvalue weighted by atomic mass is 10.0. The fraction of sp³-hybridized carbons (Fsp3) is 0.636. The predicted molar refractivity (Wildman–Crippen MR) is 62.2 cm³/mol. The molecule has 5 nitrogen and oxygen atoms in total. The fourth-order valence-corrected chi connectivity index (χ4v) is 2.04. The van der Waals surface area contributed by atoms with Crippen LogP contribution in [0.4, 0.5) is 10.6 Å². The van der Waals surface area contributed by atoms with Gasteiger partial charge in [-0.15, -0.1) is 0 Å². The Hall–Kier alpha value is -1.52. The molecule has 1 aromatic heterocycles. The SMILES string of the molecule is CC1CCCN(C(=O)Nc2ccn(C)n2)C1. The van der Waals surface area contributed by atoms with E-state index >= 15 is 0 Å². The maximum Gasteiger partial charge on any atom is 0.323 e. The molecule has 5 heteroatoms. The number of amides is 2. The number of aryl methyl sites for hydroxylation is 1. The molecular formula is C11H18N4O. The van der Waals surface area contributed by atoms with Crippen molar-refractivity contribution >= 4 is 11.8 Å². The molecule has 2 amide bonds. The van der Waals surface area contributed by atoms with Gasteiger partial charge >= 0.3 is 6.03 Å². The van der Waals surface area contributed by atoms with Crippen LogP contribution in [0.25, 0.3) is 0 Å². The first kappa shape index (κ1) is 11.0. The maximum absolute atomic E-state index is 11.9. The Labute approximate surface area is 95.4 Å². The minimum absolute atomic E-state index is 0.0368. The number of rotatable bonds is 1. The third kappa shape index (κ3) is 2.53. The van der Waals surface area contributed by atoms with Crippen molar-refractivity contribution in [2.45, 2.75) is 19.8 Å². The van der Waals surface area contributed by atoms with Crippen LogP contribution in [-0.2, 0) is 7.05 Å². The normalized spacial score (nSPS) is 20.9. The van der Waals surface area contributed by atoms with Crippen LogP contribution in [0, 0.1) is 5.92 Å². The lowest BCUT2D eigenvalue weighted by Gasteiger charge is -2.30. The first-order valence-corrected chi connectivity index (χ1v) is 5.71. The van der Waals surface area contributed by atoms with Gasteiger partial charge in [-0.3, -0.25) is 10.00 Å². The number of carbonyl (C=O) groups is 1. The second kappa shape index (κ2) is 4.55. The van der Waals surface area contributed by atoms with Crippen LogP contribution in [0.5, 0.6) is 0 Å². The zero-order chi connectivity index (χ0) is 11.5. The Morgan fingerprint density at radius 2 is 2.44 bits per heavy atom. The van der Waals surface area contributed by atoms with E-state index in [1.54, 1.807) is 10.7 Å². The fourth-order valence-electron chi connectivity index (χ4n) is 2.04. The number of nitrogens with one attached hydrogen (secondary N) is 1. The Balaban J connectivity index is 1.92. The van der Waals surface area contributed by atoms with Gasteiger partial charge in [-0.05, 0) is 18.8 Å². The van der Waals surface area contributed by atoms with E-state index in [1.165, 1.54) is 6.42 Å². The number of aromatic nitrogens is 2. The predicted octanol–water partition coefficient (Wildman–Crippen LogP) is 1.68. The minimum Gasteiger partial charge on any atom is -0.324 e. The van der Waals surface area contributed by atoms with E-state index in [4.69, 9.17) is 0 Å². The Bertz CT molecular complexity index is 374. The van der Waals surface area contributed by atoms with Gasteiger partial charge in [-0.25, -0.2) is 4.79 Å². The average Bonchev–Trinajstić information content (AvgIpc) is 2.64. The Morgan fingerprint density at radius 1 is 1.62 bits per heavy atom. The Morgan fingerprint density at radius 3 is 3.06 bits per heavy atom. The van der Waals surface area contributed by atoms with Crippen molar-refractivity contribution in [2.24, 2.45) is 13.0 Å². The number of anilines is 1. The van der Waals surface area contributed by atoms with E-state index in [0.29, 0.717) is 11.7 Å². The molecule has 0 aromatic carbocycles. The monoisotopic (exact) mass is 222 g/mol. The summed E-state index contributed by atoms with van der Waals surface area (Å²) >= 11 is 0. The van der Waals surface area contributed by atoms with Gasteiger partial charge in [0.05, 0.1) is 0 Å². The average molecular weight is 222 g/mol. The van der Waals surface area contributed by atoms with Crippen molar-refractivity contribution in [3.63, 3.8) is 0 Å². The van der Waals surface area contributed by atoms with Gasteiger partial charge in [-0.1, -0.05) is 6.92 Å². The quantitative estimate of drug-likeness (QED) is 0.786. The smallest absolute Gasteiger partial charge is 0.323 e. The first-order chi connectivity index (χ1) is 7.65. The number of hydrogen-bond acceptors (Lipinski definition) is 2. The summed E-state index contributed by atoms with van der Waals surface area (Å²) in [6, 6.07) is 1.76. The molecule has 2 heterocycles. The van der Waals surface area contributed by atoms with E-state index in [0.717, 1.165) is 19.5 Å².